The van der Waals surface area contributed by atoms with Gasteiger partial charge in [-0.3, -0.25) is 4.79 Å². The average molecular weight is 405 g/mol. The van der Waals surface area contributed by atoms with E-state index in [2.05, 4.69) is 15.4 Å². The number of amides is 1. The van der Waals surface area contributed by atoms with Crippen molar-refractivity contribution in [2.75, 3.05) is 0 Å². The molecular formula is C22H36N4O3. The lowest BCUT2D eigenvalue weighted by molar-refractivity contribution is -0.121. The molecule has 7 nitrogen and oxygen atoms in total. The lowest BCUT2D eigenvalue weighted by atomic mass is 9.84. The summed E-state index contributed by atoms with van der Waals surface area (Å²) in [6, 6.07) is 0. The second kappa shape index (κ2) is 14.7. The molecule has 1 saturated carbocycles. The van der Waals surface area contributed by atoms with Crippen LogP contribution in [0.15, 0.2) is 28.0 Å². The van der Waals surface area contributed by atoms with Crippen LogP contribution in [0.4, 0.5) is 0 Å². The van der Waals surface area contributed by atoms with E-state index >= 15 is 0 Å². The quantitative estimate of drug-likeness (QED) is 0.289. The molecule has 1 heterocycles. The Balaban J connectivity index is 0.00000204. The number of nitrogens with zero attached hydrogens (tertiary/aromatic N) is 3. The van der Waals surface area contributed by atoms with Crippen molar-refractivity contribution >= 4 is 11.5 Å². The fourth-order valence-corrected chi connectivity index (χ4v) is 3.76. The highest BCUT2D eigenvalue weighted by Gasteiger charge is 2.24. The molecule has 0 aliphatic heterocycles. The highest BCUT2D eigenvalue weighted by molar-refractivity contribution is 5.76. The van der Waals surface area contributed by atoms with E-state index in [0.717, 1.165) is 30.8 Å². The van der Waals surface area contributed by atoms with E-state index in [1.807, 2.05) is 51.3 Å². The minimum Gasteiger partial charge on any atom is -0.339 e. The summed E-state index contributed by atoms with van der Waals surface area (Å²) in [7, 11) is 0. The first-order valence-electron chi connectivity index (χ1n) is 10.9. The molecule has 1 aromatic heterocycles. The molecule has 0 bridgehead atoms. The predicted molar refractivity (Wildman–Crippen MR) is 116 cm³/mol. The standard InChI is InChI=1S/C20H30N4O3.C2H6/c1-3-9-16(4-2)19-21-20(27-23-19)17(14-18(25)22-24-26)13-8-12-15-10-6-5-7-11-15;1-2/h3-4,9,15,17H,5-8,10-14H2,1-2H3,(H,22,25,26);1-2H3/b9-3-,16-4+;. The number of nitroso groups, excluding NO2 is 1. The molecule has 1 aliphatic rings. The topological polar surface area (TPSA) is 97.5 Å². The number of allylic oxidation sites excluding steroid dienone is 4. The number of carbonyl (C=O) groups is 1. The predicted octanol–water partition coefficient (Wildman–Crippen LogP) is 6.10. The van der Waals surface area contributed by atoms with Gasteiger partial charge in [-0.25, -0.2) is 5.43 Å². The van der Waals surface area contributed by atoms with E-state index in [0.29, 0.717) is 11.7 Å². The van der Waals surface area contributed by atoms with Gasteiger partial charge in [0, 0.05) is 17.9 Å². The van der Waals surface area contributed by atoms with Gasteiger partial charge in [0.1, 0.15) is 0 Å². The fourth-order valence-electron chi connectivity index (χ4n) is 3.76. The minimum absolute atomic E-state index is 0.118. The number of hydrogen-bond donors (Lipinski definition) is 1. The van der Waals surface area contributed by atoms with E-state index in [1.54, 1.807) is 0 Å². The van der Waals surface area contributed by atoms with Gasteiger partial charge in [0.15, 0.2) is 0 Å². The zero-order chi connectivity index (χ0) is 21.5. The molecular weight excluding hydrogens is 368 g/mol. The van der Waals surface area contributed by atoms with Gasteiger partial charge in [0.25, 0.3) is 0 Å². The highest BCUT2D eigenvalue weighted by Crippen LogP contribution is 2.31. The second-order valence-electron chi connectivity index (χ2n) is 7.16. The summed E-state index contributed by atoms with van der Waals surface area (Å²) in [5.74, 6) is 1.11. The van der Waals surface area contributed by atoms with E-state index in [1.165, 1.54) is 32.1 Å². The zero-order valence-corrected chi connectivity index (χ0v) is 18.3. The van der Waals surface area contributed by atoms with Crippen molar-refractivity contribution in [3.8, 4) is 0 Å². The second-order valence-corrected chi connectivity index (χ2v) is 7.16. The van der Waals surface area contributed by atoms with E-state index in [-0.39, 0.29) is 12.3 Å². The summed E-state index contributed by atoms with van der Waals surface area (Å²) in [5, 5.41) is 6.53. The van der Waals surface area contributed by atoms with Gasteiger partial charge >= 0.3 is 0 Å². The van der Waals surface area contributed by atoms with Crippen LogP contribution >= 0.6 is 0 Å². The van der Waals surface area contributed by atoms with Crippen LogP contribution in [0, 0.1) is 10.8 Å². The summed E-state index contributed by atoms with van der Waals surface area (Å²) >= 11 is 0. The number of carbonyl (C=O) groups excluding carboxylic acids is 1. The molecule has 1 aliphatic carbocycles. The van der Waals surface area contributed by atoms with Crippen molar-refractivity contribution in [3.05, 3.63) is 34.9 Å². The zero-order valence-electron chi connectivity index (χ0n) is 18.3. The Bertz CT molecular complexity index is 661. The molecule has 1 N–H and O–H groups in total. The van der Waals surface area contributed by atoms with Gasteiger partial charge in [0.2, 0.25) is 17.6 Å². The summed E-state index contributed by atoms with van der Waals surface area (Å²) in [5.41, 5.74) is 2.83. The molecule has 2 rings (SSSR count). The molecule has 1 fully saturated rings. The maximum Gasteiger partial charge on any atom is 0.243 e. The Labute approximate surface area is 174 Å². The molecule has 0 aromatic carbocycles. The van der Waals surface area contributed by atoms with Crippen LogP contribution < -0.4 is 5.43 Å². The smallest absolute Gasteiger partial charge is 0.243 e. The Hall–Kier alpha value is -2.31. The minimum atomic E-state index is -0.424. The molecule has 1 atom stereocenters. The van der Waals surface area contributed by atoms with Gasteiger partial charge in [-0.1, -0.05) is 82.2 Å². The van der Waals surface area contributed by atoms with Crippen LogP contribution in [0.1, 0.15) is 103 Å². The lowest BCUT2D eigenvalue weighted by Crippen LogP contribution is -2.20. The monoisotopic (exact) mass is 404 g/mol. The number of rotatable bonds is 10. The Kier molecular flexibility index (Phi) is 12.5. The molecule has 1 unspecified atom stereocenters. The van der Waals surface area contributed by atoms with Gasteiger partial charge < -0.3 is 4.52 Å². The molecule has 1 amide bonds. The molecule has 29 heavy (non-hydrogen) atoms. The van der Waals surface area contributed by atoms with Crippen LogP contribution in [0.3, 0.4) is 0 Å². The molecule has 0 spiro atoms. The van der Waals surface area contributed by atoms with Crippen LogP contribution in [-0.2, 0) is 4.79 Å². The molecule has 162 valence electrons. The Morgan fingerprint density at radius 1 is 1.28 bits per heavy atom. The molecule has 0 saturated heterocycles. The van der Waals surface area contributed by atoms with E-state index in [4.69, 9.17) is 4.52 Å². The summed E-state index contributed by atoms with van der Waals surface area (Å²) in [6.07, 6.45) is 15.4. The maximum absolute atomic E-state index is 11.9. The number of aromatic nitrogens is 2. The first kappa shape index (κ1) is 24.7. The third-order valence-electron chi connectivity index (χ3n) is 5.20. The van der Waals surface area contributed by atoms with E-state index in [9.17, 15) is 9.70 Å². The van der Waals surface area contributed by atoms with Crippen LogP contribution in [0.25, 0.3) is 5.57 Å². The van der Waals surface area contributed by atoms with Crippen molar-refractivity contribution in [1.29, 1.82) is 0 Å². The van der Waals surface area contributed by atoms with Gasteiger partial charge in [-0.15, -0.1) is 4.91 Å². The highest BCUT2D eigenvalue weighted by atomic mass is 16.5. The third-order valence-corrected chi connectivity index (χ3v) is 5.20. The normalized spacial score (nSPS) is 16.2. The summed E-state index contributed by atoms with van der Waals surface area (Å²) in [4.78, 5) is 26.7. The Morgan fingerprint density at radius 2 is 2.00 bits per heavy atom. The molecule has 7 heteroatoms. The van der Waals surface area contributed by atoms with Gasteiger partial charge in [-0.2, -0.15) is 4.98 Å². The van der Waals surface area contributed by atoms with Crippen LogP contribution in [-0.4, -0.2) is 16.0 Å². The van der Waals surface area contributed by atoms with Crippen LogP contribution in [0.5, 0.6) is 0 Å². The SMILES string of the molecule is C/C=C\C(=C/C)c1noc(C(CCCC2CCCCC2)CC(=O)NN=O)n1.CC. The van der Waals surface area contributed by atoms with Crippen molar-refractivity contribution in [3.63, 3.8) is 0 Å². The van der Waals surface area contributed by atoms with E-state index < -0.39 is 5.91 Å². The number of hydrogen-bond acceptors (Lipinski definition) is 6. The first-order chi connectivity index (χ1) is 14.2. The van der Waals surface area contributed by atoms with Crippen molar-refractivity contribution in [1.82, 2.24) is 15.6 Å². The fraction of sp³-hybridized carbons (Fsp3) is 0.682. The van der Waals surface area contributed by atoms with Crippen molar-refractivity contribution in [2.45, 2.75) is 91.4 Å². The third kappa shape index (κ3) is 8.71. The summed E-state index contributed by atoms with van der Waals surface area (Å²) < 4.78 is 5.45. The van der Waals surface area contributed by atoms with Gasteiger partial charge in [-0.05, 0) is 26.2 Å². The van der Waals surface area contributed by atoms with Crippen molar-refractivity contribution < 1.29 is 9.32 Å². The largest absolute Gasteiger partial charge is 0.339 e. The van der Waals surface area contributed by atoms with Crippen LogP contribution in [0.2, 0.25) is 0 Å². The molecule has 1 aromatic rings. The number of nitrogens with one attached hydrogen (secondary N) is 1. The maximum atomic E-state index is 11.9. The van der Waals surface area contributed by atoms with Crippen molar-refractivity contribution in [2.24, 2.45) is 11.2 Å². The lowest BCUT2D eigenvalue weighted by Gasteiger charge is -2.22. The first-order valence-corrected chi connectivity index (χ1v) is 10.9. The average Bonchev–Trinajstić information content (AvgIpc) is 3.23. The van der Waals surface area contributed by atoms with Gasteiger partial charge in [0.05, 0.1) is 5.29 Å². The molecule has 0 radical (unpaired) electrons. The summed E-state index contributed by atoms with van der Waals surface area (Å²) in [6.45, 7) is 7.84. The Morgan fingerprint density at radius 3 is 2.62 bits per heavy atom.